The quantitative estimate of drug-likeness (QED) is 0.640. The van der Waals surface area contributed by atoms with Crippen molar-refractivity contribution in [2.45, 2.75) is 5.16 Å². The maximum Gasteiger partial charge on any atom is 0.234 e. The van der Waals surface area contributed by atoms with E-state index < -0.39 is 0 Å². The first-order chi connectivity index (χ1) is 12.1. The molecule has 2 N–H and O–H groups in total. The van der Waals surface area contributed by atoms with Crippen LogP contribution in [0.4, 0.5) is 5.69 Å². The van der Waals surface area contributed by atoms with Crippen LogP contribution in [0.3, 0.4) is 0 Å². The fraction of sp³-hybridized carbons (Fsp3) is 0.118. The van der Waals surface area contributed by atoms with Crippen molar-refractivity contribution >= 4 is 35.0 Å². The number of H-pyrrole nitrogens is 1. The van der Waals surface area contributed by atoms with Gasteiger partial charge in [-0.25, -0.2) is 4.98 Å². The Hall–Kier alpha value is -2.51. The summed E-state index contributed by atoms with van der Waals surface area (Å²) in [6, 6.07) is 14.4. The lowest BCUT2D eigenvalue weighted by molar-refractivity contribution is -0.113. The summed E-state index contributed by atoms with van der Waals surface area (Å²) in [7, 11) is 1.62. The Morgan fingerprint density at radius 1 is 1.20 bits per heavy atom. The molecule has 1 amide bonds. The molecule has 0 radical (unpaired) electrons. The third-order valence-electron chi connectivity index (χ3n) is 3.29. The molecule has 0 aliphatic heterocycles. The average Bonchev–Trinajstić information content (AvgIpc) is 3.11. The van der Waals surface area contributed by atoms with E-state index in [1.807, 2.05) is 24.3 Å². The molecular weight excluding hydrogens is 360 g/mol. The number of hydrogen-bond acceptors (Lipinski definition) is 5. The lowest BCUT2D eigenvalue weighted by atomic mass is 10.2. The van der Waals surface area contributed by atoms with E-state index in [-0.39, 0.29) is 11.7 Å². The van der Waals surface area contributed by atoms with Crippen LogP contribution in [0.1, 0.15) is 0 Å². The number of methoxy groups -OCH3 is 1. The van der Waals surface area contributed by atoms with E-state index in [0.29, 0.717) is 21.7 Å². The van der Waals surface area contributed by atoms with Gasteiger partial charge in [-0.15, -0.1) is 5.10 Å². The van der Waals surface area contributed by atoms with Gasteiger partial charge in [0.05, 0.1) is 12.9 Å². The number of amides is 1. The molecule has 3 rings (SSSR count). The predicted octanol–water partition coefficient (Wildman–Crippen LogP) is 3.86. The van der Waals surface area contributed by atoms with Crippen molar-refractivity contribution in [3.05, 3.63) is 53.6 Å². The number of nitrogens with zero attached hydrogens (tertiary/aromatic N) is 2. The summed E-state index contributed by atoms with van der Waals surface area (Å²) >= 11 is 7.07. The fourth-order valence-electron chi connectivity index (χ4n) is 2.05. The summed E-state index contributed by atoms with van der Waals surface area (Å²) in [5.74, 6) is 1.49. The van der Waals surface area contributed by atoms with Gasteiger partial charge in [0, 0.05) is 16.3 Å². The second kappa shape index (κ2) is 8.04. The molecule has 0 saturated heterocycles. The molecule has 0 spiro atoms. The highest BCUT2D eigenvalue weighted by atomic mass is 35.5. The summed E-state index contributed by atoms with van der Waals surface area (Å²) < 4.78 is 5.13. The van der Waals surface area contributed by atoms with Gasteiger partial charge in [-0.1, -0.05) is 23.4 Å². The van der Waals surface area contributed by atoms with Gasteiger partial charge in [-0.05, 0) is 48.5 Å². The molecule has 3 aromatic rings. The van der Waals surface area contributed by atoms with E-state index in [4.69, 9.17) is 16.3 Å². The number of thioether (sulfide) groups is 1. The molecule has 6 nitrogen and oxygen atoms in total. The van der Waals surface area contributed by atoms with Gasteiger partial charge < -0.3 is 10.1 Å². The molecule has 0 bridgehead atoms. The summed E-state index contributed by atoms with van der Waals surface area (Å²) in [5.41, 5.74) is 1.59. The second-order valence-corrected chi connectivity index (χ2v) is 6.42. The molecule has 2 aromatic carbocycles. The predicted molar refractivity (Wildman–Crippen MR) is 99.2 cm³/mol. The van der Waals surface area contributed by atoms with Crippen LogP contribution in [0.5, 0.6) is 5.75 Å². The topological polar surface area (TPSA) is 79.9 Å². The standard InChI is InChI=1S/C17H15ClN4O2S/c1-24-14-8-2-11(3-9-14)16-20-17(22-21-16)25-10-15(23)19-13-6-4-12(18)5-7-13/h2-9H,10H2,1H3,(H,19,23)(H,20,21,22). The van der Waals surface area contributed by atoms with Crippen LogP contribution in [0, 0.1) is 0 Å². The van der Waals surface area contributed by atoms with Crippen molar-refractivity contribution in [1.29, 1.82) is 0 Å². The number of benzene rings is 2. The zero-order chi connectivity index (χ0) is 17.6. The molecule has 1 aromatic heterocycles. The number of rotatable bonds is 6. The third-order valence-corrected chi connectivity index (χ3v) is 4.39. The van der Waals surface area contributed by atoms with E-state index in [0.717, 1.165) is 11.3 Å². The highest BCUT2D eigenvalue weighted by molar-refractivity contribution is 7.99. The zero-order valence-corrected chi connectivity index (χ0v) is 14.9. The Morgan fingerprint density at radius 3 is 2.60 bits per heavy atom. The van der Waals surface area contributed by atoms with Crippen molar-refractivity contribution in [2.75, 3.05) is 18.2 Å². The van der Waals surface area contributed by atoms with Gasteiger partial charge in [0.2, 0.25) is 11.1 Å². The lowest BCUT2D eigenvalue weighted by Gasteiger charge is -2.03. The van der Waals surface area contributed by atoms with Crippen LogP contribution >= 0.6 is 23.4 Å². The Kier molecular flexibility index (Phi) is 5.57. The van der Waals surface area contributed by atoms with E-state index in [9.17, 15) is 4.79 Å². The number of nitrogens with one attached hydrogen (secondary N) is 2. The number of ether oxygens (including phenoxy) is 1. The van der Waals surface area contributed by atoms with E-state index in [2.05, 4.69) is 20.5 Å². The highest BCUT2D eigenvalue weighted by Crippen LogP contribution is 2.22. The van der Waals surface area contributed by atoms with Crippen molar-refractivity contribution in [3.8, 4) is 17.1 Å². The molecule has 128 valence electrons. The third kappa shape index (κ3) is 4.74. The molecular formula is C17H15ClN4O2S. The zero-order valence-electron chi connectivity index (χ0n) is 13.3. The van der Waals surface area contributed by atoms with Gasteiger partial charge >= 0.3 is 0 Å². The number of halogens is 1. The van der Waals surface area contributed by atoms with Crippen LogP contribution < -0.4 is 10.1 Å². The Balaban J connectivity index is 1.55. The average molecular weight is 375 g/mol. The molecule has 8 heteroatoms. The van der Waals surface area contributed by atoms with Gasteiger partial charge in [0.1, 0.15) is 5.75 Å². The molecule has 0 aliphatic carbocycles. The van der Waals surface area contributed by atoms with Gasteiger partial charge in [0.25, 0.3) is 0 Å². The summed E-state index contributed by atoms with van der Waals surface area (Å²) in [6.07, 6.45) is 0. The number of carbonyl (C=O) groups is 1. The molecule has 25 heavy (non-hydrogen) atoms. The first-order valence-electron chi connectivity index (χ1n) is 7.39. The van der Waals surface area contributed by atoms with Crippen LogP contribution in [0.15, 0.2) is 53.7 Å². The minimum absolute atomic E-state index is 0.136. The van der Waals surface area contributed by atoms with E-state index in [1.165, 1.54) is 11.8 Å². The molecule has 0 atom stereocenters. The minimum atomic E-state index is -0.136. The van der Waals surface area contributed by atoms with E-state index >= 15 is 0 Å². The Labute approximate surface area is 154 Å². The molecule has 0 saturated carbocycles. The highest BCUT2D eigenvalue weighted by Gasteiger charge is 2.09. The van der Waals surface area contributed by atoms with Gasteiger partial charge in [-0.2, -0.15) is 0 Å². The molecule has 0 aliphatic rings. The minimum Gasteiger partial charge on any atom is -0.497 e. The smallest absolute Gasteiger partial charge is 0.234 e. The fourth-order valence-corrected chi connectivity index (χ4v) is 2.77. The summed E-state index contributed by atoms with van der Waals surface area (Å²) in [4.78, 5) is 16.4. The van der Waals surface area contributed by atoms with Crippen LogP contribution in [0.25, 0.3) is 11.4 Å². The number of aromatic nitrogens is 3. The van der Waals surface area contributed by atoms with Crippen molar-refractivity contribution in [1.82, 2.24) is 15.2 Å². The summed E-state index contributed by atoms with van der Waals surface area (Å²) in [5, 5.41) is 10.9. The SMILES string of the molecule is COc1ccc(-c2nc(SCC(=O)Nc3ccc(Cl)cc3)n[nH]2)cc1. The molecule has 1 heterocycles. The van der Waals surface area contributed by atoms with Crippen molar-refractivity contribution < 1.29 is 9.53 Å². The van der Waals surface area contributed by atoms with Crippen molar-refractivity contribution in [3.63, 3.8) is 0 Å². The van der Waals surface area contributed by atoms with Crippen LogP contribution in [-0.4, -0.2) is 34.0 Å². The lowest BCUT2D eigenvalue weighted by Crippen LogP contribution is -2.13. The maximum atomic E-state index is 12.0. The van der Waals surface area contributed by atoms with Crippen LogP contribution in [0.2, 0.25) is 5.02 Å². The largest absolute Gasteiger partial charge is 0.497 e. The van der Waals surface area contributed by atoms with Gasteiger partial charge in [-0.3, -0.25) is 9.89 Å². The second-order valence-electron chi connectivity index (χ2n) is 5.04. The number of anilines is 1. The normalized spacial score (nSPS) is 10.5. The first-order valence-corrected chi connectivity index (χ1v) is 8.75. The number of hydrogen-bond donors (Lipinski definition) is 2. The van der Waals surface area contributed by atoms with E-state index in [1.54, 1.807) is 31.4 Å². The number of aromatic amines is 1. The van der Waals surface area contributed by atoms with Gasteiger partial charge in [0.15, 0.2) is 5.82 Å². The molecule has 0 fully saturated rings. The molecule has 0 unspecified atom stereocenters. The Morgan fingerprint density at radius 2 is 1.92 bits per heavy atom. The van der Waals surface area contributed by atoms with Crippen LogP contribution in [-0.2, 0) is 4.79 Å². The Bertz CT molecular complexity index is 850. The first kappa shape index (κ1) is 17.3. The number of carbonyl (C=O) groups excluding carboxylic acids is 1. The monoisotopic (exact) mass is 374 g/mol. The maximum absolute atomic E-state index is 12.0. The van der Waals surface area contributed by atoms with Crippen molar-refractivity contribution in [2.24, 2.45) is 0 Å². The summed E-state index contributed by atoms with van der Waals surface area (Å²) in [6.45, 7) is 0.